The summed E-state index contributed by atoms with van der Waals surface area (Å²) in [5, 5.41) is 0. The van der Waals surface area contributed by atoms with Gasteiger partial charge < -0.3 is 0 Å². The standard InChI is InChI=1S/C14H20N2S2/c1-9-5-10(2)14-11(6-9)15-12(7-17-3)13(16-14)8-18-4/h6,10H,5,7-8H2,1-4H3. The van der Waals surface area contributed by atoms with Crippen molar-refractivity contribution in [2.24, 2.45) is 0 Å². The maximum atomic E-state index is 4.90. The molecule has 0 bridgehead atoms. The molecule has 0 amide bonds. The maximum absolute atomic E-state index is 4.90. The quantitative estimate of drug-likeness (QED) is 0.829. The molecular weight excluding hydrogens is 260 g/mol. The summed E-state index contributed by atoms with van der Waals surface area (Å²) in [5.74, 6) is 2.42. The second kappa shape index (κ2) is 6.11. The van der Waals surface area contributed by atoms with Crippen molar-refractivity contribution in [3.8, 4) is 0 Å². The van der Waals surface area contributed by atoms with Crippen LogP contribution in [0.25, 0.3) is 6.08 Å². The van der Waals surface area contributed by atoms with Crippen LogP contribution in [0, 0.1) is 0 Å². The van der Waals surface area contributed by atoms with Crippen LogP contribution >= 0.6 is 23.5 Å². The third-order valence-corrected chi connectivity index (χ3v) is 4.27. The van der Waals surface area contributed by atoms with E-state index in [2.05, 4.69) is 32.4 Å². The highest BCUT2D eigenvalue weighted by Gasteiger charge is 2.20. The Bertz CT molecular complexity index is 469. The minimum absolute atomic E-state index is 0.501. The van der Waals surface area contributed by atoms with Crippen molar-refractivity contribution in [3.05, 3.63) is 28.3 Å². The molecule has 0 radical (unpaired) electrons. The molecule has 0 aliphatic heterocycles. The van der Waals surface area contributed by atoms with Gasteiger partial charge in [-0.15, -0.1) is 0 Å². The fourth-order valence-corrected chi connectivity index (χ4v) is 3.39. The van der Waals surface area contributed by atoms with Crippen LogP contribution in [-0.2, 0) is 11.5 Å². The van der Waals surface area contributed by atoms with E-state index in [9.17, 15) is 0 Å². The average Bonchev–Trinajstić information content (AvgIpc) is 2.31. The molecule has 1 aromatic rings. The molecule has 0 saturated heterocycles. The van der Waals surface area contributed by atoms with Crippen molar-refractivity contribution < 1.29 is 0 Å². The van der Waals surface area contributed by atoms with Crippen LogP contribution in [-0.4, -0.2) is 22.5 Å². The first-order valence-electron chi connectivity index (χ1n) is 6.20. The highest BCUT2D eigenvalue weighted by atomic mass is 32.2. The van der Waals surface area contributed by atoms with Crippen molar-refractivity contribution in [2.45, 2.75) is 37.7 Å². The Balaban J connectivity index is 2.47. The lowest BCUT2D eigenvalue weighted by Crippen LogP contribution is -2.12. The van der Waals surface area contributed by atoms with Gasteiger partial charge in [0.25, 0.3) is 0 Å². The molecule has 0 fully saturated rings. The molecule has 0 N–H and O–H groups in total. The molecule has 0 aromatic carbocycles. The fraction of sp³-hybridized carbons (Fsp3) is 0.571. The number of rotatable bonds is 4. The lowest BCUT2D eigenvalue weighted by Gasteiger charge is -2.21. The zero-order chi connectivity index (χ0) is 13.1. The molecule has 1 aliphatic rings. The molecular formula is C14H20N2S2. The van der Waals surface area contributed by atoms with Gasteiger partial charge in [-0.3, -0.25) is 4.98 Å². The van der Waals surface area contributed by atoms with Gasteiger partial charge in [0.2, 0.25) is 0 Å². The third kappa shape index (κ3) is 2.91. The Morgan fingerprint density at radius 1 is 1.17 bits per heavy atom. The maximum Gasteiger partial charge on any atom is 0.0851 e. The van der Waals surface area contributed by atoms with E-state index in [-0.39, 0.29) is 0 Å². The van der Waals surface area contributed by atoms with Crippen LogP contribution in [0.15, 0.2) is 5.57 Å². The largest absolute Gasteiger partial charge is 0.253 e. The summed E-state index contributed by atoms with van der Waals surface area (Å²) in [6.07, 6.45) is 7.56. The van der Waals surface area contributed by atoms with E-state index in [4.69, 9.17) is 9.97 Å². The summed E-state index contributed by atoms with van der Waals surface area (Å²) < 4.78 is 0. The van der Waals surface area contributed by atoms with Crippen molar-refractivity contribution in [3.63, 3.8) is 0 Å². The van der Waals surface area contributed by atoms with E-state index in [1.807, 2.05) is 23.5 Å². The number of allylic oxidation sites excluding steroid dienone is 1. The fourth-order valence-electron chi connectivity index (χ4n) is 2.38. The minimum atomic E-state index is 0.501. The minimum Gasteiger partial charge on any atom is -0.253 e. The first-order valence-corrected chi connectivity index (χ1v) is 8.99. The molecule has 98 valence electrons. The Hall–Kier alpha value is -0.480. The SMILES string of the molecule is CSCc1nc2c(nc1CSC)C(C)CC(C)=C2. The molecule has 0 saturated carbocycles. The molecule has 4 heteroatoms. The highest BCUT2D eigenvalue weighted by Crippen LogP contribution is 2.32. The van der Waals surface area contributed by atoms with E-state index in [0.29, 0.717) is 5.92 Å². The summed E-state index contributed by atoms with van der Waals surface area (Å²) in [6, 6.07) is 0. The second-order valence-electron chi connectivity index (χ2n) is 4.85. The topological polar surface area (TPSA) is 25.8 Å². The third-order valence-electron chi connectivity index (χ3n) is 3.15. The monoisotopic (exact) mass is 280 g/mol. The number of hydrogen-bond acceptors (Lipinski definition) is 4. The molecule has 1 unspecified atom stereocenters. The molecule has 1 aromatic heterocycles. The predicted octanol–water partition coefficient (Wildman–Crippen LogP) is 4.11. The number of aromatic nitrogens is 2. The summed E-state index contributed by atoms with van der Waals surface area (Å²) in [7, 11) is 0. The summed E-state index contributed by atoms with van der Waals surface area (Å²) >= 11 is 3.63. The Morgan fingerprint density at radius 3 is 2.39 bits per heavy atom. The van der Waals surface area contributed by atoms with Gasteiger partial charge >= 0.3 is 0 Å². The van der Waals surface area contributed by atoms with E-state index in [1.165, 1.54) is 17.0 Å². The molecule has 1 aliphatic carbocycles. The number of nitrogens with zero attached hydrogens (tertiary/aromatic N) is 2. The zero-order valence-corrected chi connectivity index (χ0v) is 13.1. The number of fused-ring (bicyclic) bond motifs is 1. The summed E-state index contributed by atoms with van der Waals surface area (Å²) in [6.45, 7) is 4.44. The first-order chi connectivity index (χ1) is 8.65. The molecule has 2 rings (SSSR count). The van der Waals surface area contributed by atoms with Crippen LogP contribution in [0.1, 0.15) is 49.0 Å². The first kappa shape index (κ1) is 13.9. The Labute approximate surface area is 118 Å². The van der Waals surface area contributed by atoms with Crippen molar-refractivity contribution >= 4 is 29.6 Å². The highest BCUT2D eigenvalue weighted by molar-refractivity contribution is 7.98. The van der Waals surface area contributed by atoms with E-state index < -0.39 is 0 Å². The Kier molecular flexibility index (Phi) is 4.73. The molecule has 18 heavy (non-hydrogen) atoms. The molecule has 0 spiro atoms. The van der Waals surface area contributed by atoms with Crippen molar-refractivity contribution in [1.82, 2.24) is 9.97 Å². The van der Waals surface area contributed by atoms with Gasteiger partial charge in [0, 0.05) is 17.4 Å². The van der Waals surface area contributed by atoms with E-state index in [0.717, 1.165) is 29.3 Å². The van der Waals surface area contributed by atoms with Crippen LogP contribution in [0.5, 0.6) is 0 Å². The van der Waals surface area contributed by atoms with Crippen LogP contribution in [0.2, 0.25) is 0 Å². The zero-order valence-electron chi connectivity index (χ0n) is 11.5. The van der Waals surface area contributed by atoms with Gasteiger partial charge in [0.1, 0.15) is 0 Å². The van der Waals surface area contributed by atoms with E-state index >= 15 is 0 Å². The van der Waals surface area contributed by atoms with Gasteiger partial charge in [-0.05, 0) is 31.9 Å². The van der Waals surface area contributed by atoms with Gasteiger partial charge in [0.15, 0.2) is 0 Å². The average molecular weight is 280 g/mol. The van der Waals surface area contributed by atoms with Crippen molar-refractivity contribution in [1.29, 1.82) is 0 Å². The van der Waals surface area contributed by atoms with Crippen LogP contribution in [0.4, 0.5) is 0 Å². The number of hydrogen-bond donors (Lipinski definition) is 0. The lowest BCUT2D eigenvalue weighted by molar-refractivity contribution is 0.697. The smallest absolute Gasteiger partial charge is 0.0851 e. The molecule has 2 nitrogen and oxygen atoms in total. The normalized spacial score (nSPS) is 18.4. The second-order valence-corrected chi connectivity index (χ2v) is 6.58. The van der Waals surface area contributed by atoms with Gasteiger partial charge in [-0.1, -0.05) is 12.5 Å². The predicted molar refractivity (Wildman–Crippen MR) is 83.2 cm³/mol. The van der Waals surface area contributed by atoms with Crippen LogP contribution in [0.3, 0.4) is 0 Å². The summed E-state index contributed by atoms with van der Waals surface area (Å²) in [5.41, 5.74) is 6.04. The molecule has 1 heterocycles. The van der Waals surface area contributed by atoms with Gasteiger partial charge in [-0.25, -0.2) is 4.98 Å². The van der Waals surface area contributed by atoms with Crippen LogP contribution < -0.4 is 0 Å². The van der Waals surface area contributed by atoms with Gasteiger partial charge in [-0.2, -0.15) is 23.5 Å². The van der Waals surface area contributed by atoms with E-state index in [1.54, 1.807) is 0 Å². The Morgan fingerprint density at radius 2 is 1.78 bits per heavy atom. The van der Waals surface area contributed by atoms with Crippen molar-refractivity contribution in [2.75, 3.05) is 12.5 Å². The molecule has 1 atom stereocenters. The summed E-state index contributed by atoms with van der Waals surface area (Å²) in [4.78, 5) is 9.75. The van der Waals surface area contributed by atoms with Gasteiger partial charge in [0.05, 0.1) is 22.8 Å². The lowest BCUT2D eigenvalue weighted by atomic mass is 9.91. The number of thioether (sulfide) groups is 2.